The van der Waals surface area contributed by atoms with Crippen LogP contribution in [-0.4, -0.2) is 18.8 Å². The van der Waals surface area contributed by atoms with Gasteiger partial charge >= 0.3 is 0 Å². The molecule has 3 nitrogen and oxygen atoms in total. The second-order valence-corrected chi connectivity index (χ2v) is 14.7. The second-order valence-electron chi connectivity index (χ2n) is 14.7. The molecule has 1 aliphatic heterocycles. The molecule has 2 unspecified atom stereocenters. The number of nitrogens with one attached hydrogen (secondary N) is 1. The summed E-state index contributed by atoms with van der Waals surface area (Å²) in [6, 6.07) is 39.1. The van der Waals surface area contributed by atoms with E-state index in [4.69, 9.17) is 11.6 Å². The fourth-order valence-electron chi connectivity index (χ4n) is 7.42. The van der Waals surface area contributed by atoms with Gasteiger partial charge in [-0.2, -0.15) is 0 Å². The number of fused-ring (bicyclic) bond motifs is 2. The van der Waals surface area contributed by atoms with Gasteiger partial charge in [-0.25, -0.2) is 0 Å². The SMILES string of the molecule is C=CC1=NC(CC(=C)N(C)c2cc3ccccc3cc2Nc2c(-c3ccccc3)cccc2C(C)(C)C)C(CCC(=C)/C=C\C)c2ccccc21. The average molecular weight is 670 g/mol. The molecule has 1 aliphatic rings. The van der Waals surface area contributed by atoms with E-state index in [1.54, 1.807) is 0 Å². The molecule has 6 rings (SSSR count). The molecule has 0 spiro atoms. The first-order valence-electron chi connectivity index (χ1n) is 18.1. The van der Waals surface area contributed by atoms with E-state index >= 15 is 0 Å². The predicted octanol–water partition coefficient (Wildman–Crippen LogP) is 12.9. The average Bonchev–Trinajstić information content (AvgIpc) is 3.13. The molecule has 0 saturated heterocycles. The standard InChI is InChI=1S/C48H51N3/c1-9-19-33(3)28-29-41-39-24-16-17-25-40(39)43(10-2)49-44(41)30-34(4)51(8)46-32-37-23-15-14-22-36(37)31-45(46)50-47-38(35-20-12-11-13-21-35)26-18-27-42(47)48(5,6)7/h9-27,31-32,41,44,50H,2-4,28-30H2,1,5-8H3/b19-9-. The maximum atomic E-state index is 5.33. The summed E-state index contributed by atoms with van der Waals surface area (Å²) in [6.45, 7) is 22.1. The fraction of sp³-hybridized carbons (Fsp3) is 0.229. The highest BCUT2D eigenvalue weighted by Crippen LogP contribution is 2.44. The van der Waals surface area contributed by atoms with Gasteiger partial charge in [0.15, 0.2) is 0 Å². The lowest BCUT2D eigenvalue weighted by atomic mass is 9.79. The van der Waals surface area contributed by atoms with E-state index in [1.807, 2.05) is 13.0 Å². The lowest BCUT2D eigenvalue weighted by molar-refractivity contribution is 0.490. The quantitative estimate of drug-likeness (QED) is 0.134. The van der Waals surface area contributed by atoms with Crippen LogP contribution < -0.4 is 10.2 Å². The van der Waals surface area contributed by atoms with Gasteiger partial charge in [0.25, 0.3) is 0 Å². The summed E-state index contributed by atoms with van der Waals surface area (Å²) in [5, 5.41) is 6.36. The summed E-state index contributed by atoms with van der Waals surface area (Å²) in [5.74, 6) is 0.235. The Morgan fingerprint density at radius 3 is 2.22 bits per heavy atom. The third-order valence-electron chi connectivity index (χ3n) is 10.1. The van der Waals surface area contributed by atoms with Crippen molar-refractivity contribution < 1.29 is 0 Å². The third kappa shape index (κ3) is 7.68. The summed E-state index contributed by atoms with van der Waals surface area (Å²) < 4.78 is 0. The molecule has 0 radical (unpaired) electrons. The number of allylic oxidation sites excluding steroid dienone is 4. The van der Waals surface area contributed by atoms with Crippen LogP contribution in [0.1, 0.15) is 69.6 Å². The van der Waals surface area contributed by atoms with E-state index in [0.29, 0.717) is 6.42 Å². The van der Waals surface area contributed by atoms with Gasteiger partial charge in [-0.15, -0.1) is 0 Å². The van der Waals surface area contributed by atoms with Crippen molar-refractivity contribution in [1.82, 2.24) is 0 Å². The zero-order valence-corrected chi connectivity index (χ0v) is 30.9. The molecule has 0 amide bonds. The van der Waals surface area contributed by atoms with Crippen molar-refractivity contribution in [3.8, 4) is 11.1 Å². The van der Waals surface area contributed by atoms with Crippen LogP contribution in [0.15, 0.2) is 163 Å². The zero-order valence-electron chi connectivity index (χ0n) is 30.9. The normalized spacial score (nSPS) is 15.7. The summed E-state index contributed by atoms with van der Waals surface area (Å²) in [7, 11) is 2.14. The van der Waals surface area contributed by atoms with Crippen LogP contribution in [0.5, 0.6) is 0 Å². The van der Waals surface area contributed by atoms with Gasteiger partial charge in [0.2, 0.25) is 0 Å². The molecular weight excluding hydrogens is 619 g/mol. The maximum Gasteiger partial charge on any atom is 0.0651 e. The molecule has 0 fully saturated rings. The molecule has 2 atom stereocenters. The fourth-order valence-corrected chi connectivity index (χ4v) is 7.42. The van der Waals surface area contributed by atoms with E-state index in [1.165, 1.54) is 38.6 Å². The van der Waals surface area contributed by atoms with Gasteiger partial charge in [-0.1, -0.05) is 155 Å². The van der Waals surface area contributed by atoms with Crippen LogP contribution in [-0.2, 0) is 5.41 Å². The minimum atomic E-state index is -0.0784. The van der Waals surface area contributed by atoms with Crippen LogP contribution in [0, 0.1) is 0 Å². The topological polar surface area (TPSA) is 27.6 Å². The first-order valence-corrected chi connectivity index (χ1v) is 18.1. The molecule has 5 aromatic carbocycles. The van der Waals surface area contributed by atoms with Gasteiger partial charge < -0.3 is 10.2 Å². The minimum absolute atomic E-state index is 0.0180. The van der Waals surface area contributed by atoms with Crippen molar-refractivity contribution in [2.75, 3.05) is 17.3 Å². The minimum Gasteiger partial charge on any atom is -0.353 e. The first kappa shape index (κ1) is 35.4. The largest absolute Gasteiger partial charge is 0.353 e. The van der Waals surface area contributed by atoms with Crippen molar-refractivity contribution in [2.45, 2.75) is 64.3 Å². The predicted molar refractivity (Wildman–Crippen MR) is 223 cm³/mol. The second kappa shape index (κ2) is 15.2. The Kier molecular flexibility index (Phi) is 10.6. The molecule has 5 aromatic rings. The summed E-state index contributed by atoms with van der Waals surface area (Å²) in [6.07, 6.45) is 8.67. The lowest BCUT2D eigenvalue weighted by Crippen LogP contribution is -2.29. The Labute approximate surface area is 305 Å². The number of nitrogens with zero attached hydrogens (tertiary/aromatic N) is 2. The van der Waals surface area contributed by atoms with Gasteiger partial charge in [0, 0.05) is 36.2 Å². The van der Waals surface area contributed by atoms with Crippen molar-refractivity contribution in [1.29, 1.82) is 0 Å². The van der Waals surface area contributed by atoms with E-state index in [0.717, 1.165) is 46.9 Å². The number of rotatable bonds is 12. The van der Waals surface area contributed by atoms with Crippen LogP contribution >= 0.6 is 0 Å². The van der Waals surface area contributed by atoms with Crippen LogP contribution in [0.2, 0.25) is 0 Å². The molecule has 0 bridgehead atoms. The Morgan fingerprint density at radius 1 is 0.843 bits per heavy atom. The van der Waals surface area contributed by atoms with Crippen molar-refractivity contribution in [3.05, 3.63) is 175 Å². The lowest BCUT2D eigenvalue weighted by Gasteiger charge is -2.34. The van der Waals surface area contributed by atoms with Crippen LogP contribution in [0.4, 0.5) is 17.1 Å². The number of benzene rings is 5. The van der Waals surface area contributed by atoms with Gasteiger partial charge in [-0.3, -0.25) is 4.99 Å². The number of aliphatic imine (C=N–C) groups is 1. The number of para-hydroxylation sites is 1. The van der Waals surface area contributed by atoms with E-state index in [-0.39, 0.29) is 17.4 Å². The van der Waals surface area contributed by atoms with Crippen LogP contribution in [0.3, 0.4) is 0 Å². The van der Waals surface area contributed by atoms with Crippen molar-refractivity contribution in [3.63, 3.8) is 0 Å². The van der Waals surface area contributed by atoms with Gasteiger partial charge in [0.1, 0.15) is 0 Å². The molecule has 0 saturated carbocycles. The summed E-state index contributed by atoms with van der Waals surface area (Å²) in [4.78, 5) is 7.59. The monoisotopic (exact) mass is 669 g/mol. The van der Waals surface area contributed by atoms with E-state index < -0.39 is 0 Å². The third-order valence-corrected chi connectivity index (χ3v) is 10.1. The highest BCUT2D eigenvalue weighted by molar-refractivity contribution is 6.10. The highest BCUT2D eigenvalue weighted by Gasteiger charge is 2.31. The molecule has 258 valence electrons. The Morgan fingerprint density at radius 2 is 1.51 bits per heavy atom. The number of hydrogen-bond donors (Lipinski definition) is 1. The smallest absolute Gasteiger partial charge is 0.0651 e. The van der Waals surface area contributed by atoms with Crippen molar-refractivity contribution in [2.24, 2.45) is 4.99 Å². The Balaban J connectivity index is 1.40. The van der Waals surface area contributed by atoms with E-state index in [2.05, 4.69) is 173 Å². The molecule has 51 heavy (non-hydrogen) atoms. The zero-order chi connectivity index (χ0) is 36.1. The van der Waals surface area contributed by atoms with Crippen LogP contribution in [0.25, 0.3) is 21.9 Å². The molecule has 1 N–H and O–H groups in total. The Bertz CT molecular complexity index is 2130. The maximum absolute atomic E-state index is 5.33. The first-order chi connectivity index (χ1) is 24.6. The molecule has 1 heterocycles. The number of anilines is 3. The molecule has 0 aliphatic carbocycles. The van der Waals surface area contributed by atoms with Crippen molar-refractivity contribution >= 4 is 33.5 Å². The molecule has 3 heteroatoms. The molecule has 0 aromatic heterocycles. The van der Waals surface area contributed by atoms with Gasteiger partial charge in [-0.05, 0) is 70.9 Å². The Hall–Kier alpha value is -5.41. The molecular formula is C48H51N3. The van der Waals surface area contributed by atoms with Gasteiger partial charge in [0.05, 0.1) is 28.8 Å². The summed E-state index contributed by atoms with van der Waals surface area (Å²) in [5.41, 5.74) is 12.4. The highest BCUT2D eigenvalue weighted by atomic mass is 15.1. The summed E-state index contributed by atoms with van der Waals surface area (Å²) >= 11 is 0. The van der Waals surface area contributed by atoms with E-state index in [9.17, 15) is 0 Å². The number of hydrogen-bond acceptors (Lipinski definition) is 3.